The molecule has 0 bridgehead atoms. The third-order valence-corrected chi connectivity index (χ3v) is 6.44. The first-order valence-electron chi connectivity index (χ1n) is 10.1. The number of rotatable bonds is 4. The second-order valence-electron chi connectivity index (χ2n) is 8.20. The quantitative estimate of drug-likeness (QED) is 0.839. The lowest BCUT2D eigenvalue weighted by atomic mass is 9.78. The Morgan fingerprint density at radius 2 is 1.88 bits per heavy atom. The summed E-state index contributed by atoms with van der Waals surface area (Å²) in [4.78, 5) is 21.7. The van der Waals surface area contributed by atoms with E-state index in [1.54, 1.807) is 12.7 Å². The number of likely N-dealkylation sites (tertiary alicyclic amines) is 2. The molecular formula is C19H31N5O. The molecular weight excluding hydrogens is 314 g/mol. The van der Waals surface area contributed by atoms with Crippen molar-refractivity contribution in [3.8, 4) is 0 Å². The fraction of sp³-hybridized carbons (Fsp3) is 0.842. The van der Waals surface area contributed by atoms with Gasteiger partial charge in [0.2, 0.25) is 5.91 Å². The normalized spacial score (nSPS) is 30.9. The fourth-order valence-corrected chi connectivity index (χ4v) is 5.25. The van der Waals surface area contributed by atoms with Gasteiger partial charge in [0.1, 0.15) is 12.7 Å². The molecule has 0 N–H and O–H groups in total. The van der Waals surface area contributed by atoms with E-state index in [9.17, 15) is 4.79 Å². The molecule has 6 nitrogen and oxygen atoms in total. The number of hydrogen-bond acceptors (Lipinski definition) is 4. The molecule has 0 spiro atoms. The molecule has 0 aromatic carbocycles. The zero-order chi connectivity index (χ0) is 17.1. The third kappa shape index (κ3) is 4.05. The van der Waals surface area contributed by atoms with Crippen LogP contribution in [0.1, 0.15) is 51.4 Å². The first-order valence-corrected chi connectivity index (χ1v) is 10.1. The van der Waals surface area contributed by atoms with Crippen LogP contribution in [-0.2, 0) is 11.3 Å². The van der Waals surface area contributed by atoms with E-state index in [1.165, 1.54) is 51.4 Å². The summed E-state index contributed by atoms with van der Waals surface area (Å²) in [5.41, 5.74) is 0. The van der Waals surface area contributed by atoms with Crippen LogP contribution in [0.15, 0.2) is 12.7 Å². The van der Waals surface area contributed by atoms with E-state index in [0.717, 1.165) is 32.1 Å². The van der Waals surface area contributed by atoms with Crippen molar-refractivity contribution in [3.63, 3.8) is 0 Å². The largest absolute Gasteiger partial charge is 0.338 e. The van der Waals surface area contributed by atoms with Crippen LogP contribution in [0.3, 0.4) is 0 Å². The fourth-order valence-electron chi connectivity index (χ4n) is 5.25. The average molecular weight is 345 g/mol. The van der Waals surface area contributed by atoms with Gasteiger partial charge in [-0.2, -0.15) is 5.10 Å². The van der Waals surface area contributed by atoms with Crippen LogP contribution in [0.2, 0.25) is 0 Å². The molecule has 1 amide bonds. The number of nitrogens with zero attached hydrogens (tertiary/aromatic N) is 5. The van der Waals surface area contributed by atoms with Crippen molar-refractivity contribution >= 4 is 5.91 Å². The average Bonchev–Trinajstić information content (AvgIpc) is 3.14. The van der Waals surface area contributed by atoms with E-state index in [-0.39, 0.29) is 0 Å². The second-order valence-corrected chi connectivity index (χ2v) is 8.20. The van der Waals surface area contributed by atoms with Gasteiger partial charge in [-0.1, -0.05) is 12.8 Å². The Morgan fingerprint density at radius 1 is 1.04 bits per heavy atom. The molecule has 3 fully saturated rings. The molecule has 0 radical (unpaired) electrons. The van der Waals surface area contributed by atoms with Gasteiger partial charge in [-0.3, -0.25) is 14.4 Å². The standard InChI is InChI=1S/C19H31N5O/c25-19(24-10-4-7-17-6-1-2-8-18(17)24)13-22-9-3-5-16(11-22)12-23-15-20-14-21-23/h14-18H,1-13H2/t16-,17-,18-/m0/s1. The number of carbonyl (C=O) groups is 1. The first kappa shape index (κ1) is 17.0. The van der Waals surface area contributed by atoms with Crippen LogP contribution in [0.4, 0.5) is 0 Å². The smallest absolute Gasteiger partial charge is 0.237 e. The van der Waals surface area contributed by atoms with Crippen LogP contribution in [0.25, 0.3) is 0 Å². The van der Waals surface area contributed by atoms with Gasteiger partial charge in [-0.25, -0.2) is 4.98 Å². The molecule has 6 heteroatoms. The molecule has 0 unspecified atom stereocenters. The summed E-state index contributed by atoms with van der Waals surface area (Å²) in [6.45, 7) is 4.57. The highest BCUT2D eigenvalue weighted by Crippen LogP contribution is 2.35. The molecule has 2 aliphatic heterocycles. The SMILES string of the molecule is O=C(CN1CCC[C@H](Cn2cncn2)C1)N1CCC[C@@H]2CCCC[C@@H]21. The van der Waals surface area contributed by atoms with Gasteiger partial charge < -0.3 is 4.90 Å². The monoisotopic (exact) mass is 345 g/mol. The Bertz CT molecular complexity index is 558. The highest BCUT2D eigenvalue weighted by Gasteiger charge is 2.36. The van der Waals surface area contributed by atoms with Crippen molar-refractivity contribution in [2.75, 3.05) is 26.2 Å². The molecule has 1 saturated carbocycles. The van der Waals surface area contributed by atoms with E-state index in [2.05, 4.69) is 19.9 Å². The molecule has 3 atom stereocenters. The van der Waals surface area contributed by atoms with Crippen LogP contribution >= 0.6 is 0 Å². The van der Waals surface area contributed by atoms with Crippen LogP contribution in [0.5, 0.6) is 0 Å². The van der Waals surface area contributed by atoms with Crippen molar-refractivity contribution in [3.05, 3.63) is 12.7 Å². The van der Waals surface area contributed by atoms with Gasteiger partial charge in [0.05, 0.1) is 6.54 Å². The number of fused-ring (bicyclic) bond motifs is 1. The lowest BCUT2D eigenvalue weighted by Gasteiger charge is -2.45. The van der Waals surface area contributed by atoms with E-state index >= 15 is 0 Å². The van der Waals surface area contributed by atoms with Crippen molar-refractivity contribution < 1.29 is 4.79 Å². The minimum absolute atomic E-state index is 0.373. The van der Waals surface area contributed by atoms with Crippen molar-refractivity contribution in [1.82, 2.24) is 24.6 Å². The van der Waals surface area contributed by atoms with Crippen molar-refractivity contribution in [1.29, 1.82) is 0 Å². The summed E-state index contributed by atoms with van der Waals surface area (Å²) in [7, 11) is 0. The van der Waals surface area contributed by atoms with Gasteiger partial charge in [0.15, 0.2) is 0 Å². The number of carbonyl (C=O) groups excluding carboxylic acids is 1. The highest BCUT2D eigenvalue weighted by molar-refractivity contribution is 5.78. The van der Waals surface area contributed by atoms with Gasteiger partial charge >= 0.3 is 0 Å². The van der Waals surface area contributed by atoms with Crippen LogP contribution in [-0.4, -0.2) is 62.7 Å². The highest BCUT2D eigenvalue weighted by atomic mass is 16.2. The first-order chi connectivity index (χ1) is 12.3. The minimum Gasteiger partial charge on any atom is -0.338 e. The van der Waals surface area contributed by atoms with Gasteiger partial charge in [-0.15, -0.1) is 0 Å². The molecule has 1 aromatic rings. The molecule has 3 aliphatic rings. The minimum atomic E-state index is 0.373. The maximum atomic E-state index is 13.0. The summed E-state index contributed by atoms with van der Waals surface area (Å²) in [6, 6.07) is 0.533. The zero-order valence-corrected chi connectivity index (χ0v) is 15.2. The lowest BCUT2D eigenvalue weighted by Crippen LogP contribution is -2.53. The Morgan fingerprint density at radius 3 is 2.76 bits per heavy atom. The summed E-state index contributed by atoms with van der Waals surface area (Å²) >= 11 is 0. The maximum Gasteiger partial charge on any atom is 0.237 e. The number of amides is 1. The summed E-state index contributed by atoms with van der Waals surface area (Å²) < 4.78 is 1.92. The molecule has 3 heterocycles. The van der Waals surface area contributed by atoms with Gasteiger partial charge in [-0.05, 0) is 56.9 Å². The topological polar surface area (TPSA) is 54.3 Å². The Hall–Kier alpha value is -1.43. The predicted molar refractivity (Wildman–Crippen MR) is 95.9 cm³/mol. The van der Waals surface area contributed by atoms with E-state index in [0.29, 0.717) is 24.4 Å². The summed E-state index contributed by atoms with van der Waals surface area (Å²) in [5.74, 6) is 1.72. The summed E-state index contributed by atoms with van der Waals surface area (Å²) in [6.07, 6.45) is 13.5. The van der Waals surface area contributed by atoms with E-state index < -0.39 is 0 Å². The third-order valence-electron chi connectivity index (χ3n) is 6.44. The van der Waals surface area contributed by atoms with E-state index in [1.807, 2.05) is 4.68 Å². The molecule has 1 aliphatic carbocycles. The Labute approximate surface area is 150 Å². The number of piperidine rings is 2. The molecule has 138 valence electrons. The maximum absolute atomic E-state index is 13.0. The molecule has 25 heavy (non-hydrogen) atoms. The molecule has 1 aromatic heterocycles. The predicted octanol–water partition coefficient (Wildman–Crippen LogP) is 2.17. The van der Waals surface area contributed by atoms with Gasteiger partial charge in [0.25, 0.3) is 0 Å². The van der Waals surface area contributed by atoms with Crippen LogP contribution in [0, 0.1) is 11.8 Å². The molecule has 2 saturated heterocycles. The summed E-state index contributed by atoms with van der Waals surface area (Å²) in [5, 5.41) is 4.23. The second kappa shape index (κ2) is 7.85. The van der Waals surface area contributed by atoms with Crippen LogP contribution < -0.4 is 0 Å². The zero-order valence-electron chi connectivity index (χ0n) is 15.2. The van der Waals surface area contributed by atoms with E-state index in [4.69, 9.17) is 0 Å². The lowest BCUT2D eigenvalue weighted by molar-refractivity contribution is -0.139. The van der Waals surface area contributed by atoms with Gasteiger partial charge in [0, 0.05) is 25.7 Å². The Kier molecular flexibility index (Phi) is 5.34. The number of hydrogen-bond donors (Lipinski definition) is 0. The number of aromatic nitrogens is 3. The van der Waals surface area contributed by atoms with Crippen molar-refractivity contribution in [2.24, 2.45) is 11.8 Å². The molecule has 4 rings (SSSR count). The van der Waals surface area contributed by atoms with Crippen molar-refractivity contribution in [2.45, 2.75) is 64.0 Å². The Balaban J connectivity index is 1.32.